The maximum atomic E-state index is 13.7. The minimum atomic E-state index is -1.04. The Morgan fingerprint density at radius 3 is 2.50 bits per heavy atom. The molecule has 2 heterocycles. The third-order valence-electron chi connectivity index (χ3n) is 5.52. The van der Waals surface area contributed by atoms with Gasteiger partial charge in [-0.05, 0) is 60.2 Å². The summed E-state index contributed by atoms with van der Waals surface area (Å²) >= 11 is 1.05. The molecule has 0 aliphatic carbocycles. The van der Waals surface area contributed by atoms with Crippen LogP contribution in [0.25, 0.3) is 16.0 Å². The second-order valence-electron chi connectivity index (χ2n) is 7.56. The molecule has 1 unspecified atom stereocenters. The number of ether oxygens (including phenoxy) is 1. The molecular formula is C25H16F2N2O4S. The number of fused-ring (bicyclic) bond motifs is 1. The van der Waals surface area contributed by atoms with Crippen LogP contribution in [0.5, 0.6) is 5.75 Å². The van der Waals surface area contributed by atoms with Crippen molar-refractivity contribution >= 4 is 44.1 Å². The van der Waals surface area contributed by atoms with Crippen LogP contribution in [0.2, 0.25) is 0 Å². The lowest BCUT2D eigenvalue weighted by Gasteiger charge is -2.23. The second kappa shape index (κ2) is 8.35. The van der Waals surface area contributed by atoms with Crippen molar-refractivity contribution in [3.63, 3.8) is 0 Å². The Bertz CT molecular complexity index is 1480. The average molecular weight is 478 g/mol. The van der Waals surface area contributed by atoms with Gasteiger partial charge in [0.1, 0.15) is 23.1 Å². The minimum absolute atomic E-state index is 0.171. The van der Waals surface area contributed by atoms with E-state index < -0.39 is 35.1 Å². The summed E-state index contributed by atoms with van der Waals surface area (Å²) in [5.41, 5.74) is 0.966. The fraction of sp³-hybridized carbons (Fsp3) is 0.0800. The first-order chi connectivity index (χ1) is 16.4. The molecule has 1 aromatic heterocycles. The van der Waals surface area contributed by atoms with Crippen molar-refractivity contribution in [1.29, 1.82) is 0 Å². The van der Waals surface area contributed by atoms with Crippen LogP contribution in [0.3, 0.4) is 0 Å². The van der Waals surface area contributed by atoms with Crippen molar-refractivity contribution < 1.29 is 28.2 Å². The molecule has 1 N–H and O–H groups in total. The molecule has 1 aliphatic heterocycles. The highest BCUT2D eigenvalue weighted by molar-refractivity contribution is 7.22. The van der Waals surface area contributed by atoms with Crippen LogP contribution in [-0.2, 0) is 9.59 Å². The van der Waals surface area contributed by atoms with Crippen molar-refractivity contribution in [2.24, 2.45) is 0 Å². The van der Waals surface area contributed by atoms with Gasteiger partial charge in [0.25, 0.3) is 5.78 Å². The number of amides is 1. The number of aliphatic hydroxyl groups is 1. The first-order valence-electron chi connectivity index (χ1n) is 10.1. The summed E-state index contributed by atoms with van der Waals surface area (Å²) in [4.78, 5) is 32.0. The highest BCUT2D eigenvalue weighted by Gasteiger charge is 2.48. The summed E-state index contributed by atoms with van der Waals surface area (Å²) < 4.78 is 33.0. The van der Waals surface area contributed by atoms with Crippen molar-refractivity contribution in [1.82, 2.24) is 4.98 Å². The monoisotopic (exact) mass is 478 g/mol. The van der Waals surface area contributed by atoms with E-state index in [1.54, 1.807) is 24.3 Å². The van der Waals surface area contributed by atoms with Crippen molar-refractivity contribution in [3.05, 3.63) is 95.1 Å². The maximum Gasteiger partial charge on any atom is 0.301 e. The molecule has 1 amide bonds. The molecule has 0 spiro atoms. The summed E-state index contributed by atoms with van der Waals surface area (Å²) in [5.74, 6) is -2.73. The molecule has 3 aromatic carbocycles. The van der Waals surface area contributed by atoms with E-state index in [2.05, 4.69) is 4.98 Å². The number of hydrogen-bond acceptors (Lipinski definition) is 6. The van der Waals surface area contributed by atoms with E-state index in [1.165, 1.54) is 42.3 Å². The molecule has 5 rings (SSSR count). The first-order valence-corrected chi connectivity index (χ1v) is 11.0. The van der Waals surface area contributed by atoms with Crippen LogP contribution in [0, 0.1) is 11.6 Å². The molecule has 1 fully saturated rings. The number of carbonyl (C=O) groups is 2. The van der Waals surface area contributed by atoms with E-state index >= 15 is 0 Å². The molecule has 6 nitrogen and oxygen atoms in total. The van der Waals surface area contributed by atoms with Gasteiger partial charge in [0, 0.05) is 5.56 Å². The number of rotatable bonds is 4. The number of aromatic nitrogens is 1. The van der Waals surface area contributed by atoms with Crippen LogP contribution >= 0.6 is 11.3 Å². The SMILES string of the molecule is COc1cccc(C2C(=C(O)c3ccc(F)cc3)C(=O)C(=O)N2c2nc3ccc(F)cc3s2)c1. The minimum Gasteiger partial charge on any atom is -0.507 e. The van der Waals surface area contributed by atoms with Crippen LogP contribution in [0.15, 0.2) is 72.3 Å². The van der Waals surface area contributed by atoms with E-state index in [1.807, 2.05) is 0 Å². The zero-order valence-corrected chi connectivity index (χ0v) is 18.5. The van der Waals surface area contributed by atoms with E-state index in [9.17, 15) is 23.5 Å². The Morgan fingerprint density at radius 2 is 1.76 bits per heavy atom. The predicted molar refractivity (Wildman–Crippen MR) is 124 cm³/mol. The van der Waals surface area contributed by atoms with Crippen LogP contribution in [0.1, 0.15) is 17.2 Å². The Balaban J connectivity index is 1.74. The van der Waals surface area contributed by atoms with Crippen LogP contribution < -0.4 is 9.64 Å². The zero-order valence-electron chi connectivity index (χ0n) is 17.7. The van der Waals surface area contributed by atoms with Gasteiger partial charge in [-0.1, -0.05) is 23.5 Å². The molecule has 4 aromatic rings. The number of benzene rings is 3. The number of nitrogens with zero attached hydrogens (tertiary/aromatic N) is 2. The smallest absolute Gasteiger partial charge is 0.301 e. The molecule has 1 aliphatic rings. The molecule has 1 atom stereocenters. The lowest BCUT2D eigenvalue weighted by Crippen LogP contribution is -2.29. The normalized spacial score (nSPS) is 17.5. The summed E-state index contributed by atoms with van der Waals surface area (Å²) in [6.45, 7) is 0. The first kappa shape index (κ1) is 21.7. The topological polar surface area (TPSA) is 79.7 Å². The highest BCUT2D eigenvalue weighted by Crippen LogP contribution is 2.44. The molecular weight excluding hydrogens is 462 g/mol. The Morgan fingerprint density at radius 1 is 1.03 bits per heavy atom. The predicted octanol–water partition coefficient (Wildman–Crippen LogP) is 5.21. The maximum absolute atomic E-state index is 13.7. The molecule has 34 heavy (non-hydrogen) atoms. The third-order valence-corrected chi connectivity index (χ3v) is 6.53. The number of thiazole rings is 1. The molecule has 0 bridgehead atoms. The van der Waals surface area contributed by atoms with E-state index in [4.69, 9.17) is 4.74 Å². The summed E-state index contributed by atoms with van der Waals surface area (Å²) in [7, 11) is 1.48. The second-order valence-corrected chi connectivity index (χ2v) is 8.57. The Hall–Kier alpha value is -4.11. The van der Waals surface area contributed by atoms with Crippen LogP contribution in [0.4, 0.5) is 13.9 Å². The standard InChI is InChI=1S/C25H16F2N2O4S/c1-33-17-4-2-3-14(11-17)21-20(22(30)13-5-7-15(26)8-6-13)23(31)24(32)29(21)25-28-18-10-9-16(27)12-19(18)34-25/h2-12,21,30H,1H3. The van der Waals surface area contributed by atoms with Gasteiger partial charge in [-0.25, -0.2) is 13.8 Å². The fourth-order valence-corrected chi connectivity index (χ4v) is 4.93. The van der Waals surface area contributed by atoms with Gasteiger partial charge >= 0.3 is 5.91 Å². The summed E-state index contributed by atoms with van der Waals surface area (Å²) in [5, 5.41) is 11.2. The van der Waals surface area contributed by atoms with E-state index in [0.717, 1.165) is 23.5 Å². The fourth-order valence-electron chi connectivity index (χ4n) is 3.91. The number of hydrogen-bond donors (Lipinski definition) is 1. The molecule has 0 saturated carbocycles. The Labute approximate surface area is 196 Å². The van der Waals surface area contributed by atoms with Gasteiger partial charge < -0.3 is 9.84 Å². The van der Waals surface area contributed by atoms with Gasteiger partial charge in [-0.3, -0.25) is 14.5 Å². The van der Waals surface area contributed by atoms with Crippen molar-refractivity contribution in [2.45, 2.75) is 6.04 Å². The van der Waals surface area contributed by atoms with Gasteiger partial charge in [-0.15, -0.1) is 0 Å². The van der Waals surface area contributed by atoms with Crippen molar-refractivity contribution in [2.75, 3.05) is 12.0 Å². The van der Waals surface area contributed by atoms with Crippen molar-refractivity contribution in [3.8, 4) is 5.75 Å². The van der Waals surface area contributed by atoms with Gasteiger partial charge in [-0.2, -0.15) is 0 Å². The Kier molecular flexibility index (Phi) is 5.33. The highest BCUT2D eigenvalue weighted by atomic mass is 32.1. The van der Waals surface area contributed by atoms with E-state index in [0.29, 0.717) is 21.5 Å². The number of carbonyl (C=O) groups excluding carboxylic acids is 2. The largest absolute Gasteiger partial charge is 0.507 e. The molecule has 0 radical (unpaired) electrons. The number of anilines is 1. The number of ketones is 1. The number of halogens is 2. The number of Topliss-reactive ketones (excluding diaryl/α,β-unsaturated/α-hetero) is 1. The lowest BCUT2D eigenvalue weighted by atomic mass is 9.95. The summed E-state index contributed by atoms with van der Waals surface area (Å²) in [6, 6.07) is 14.7. The van der Waals surface area contributed by atoms with Gasteiger partial charge in [0.2, 0.25) is 0 Å². The molecule has 170 valence electrons. The zero-order chi connectivity index (χ0) is 24.0. The van der Waals surface area contributed by atoms with Crippen LogP contribution in [-0.4, -0.2) is 28.9 Å². The van der Waals surface area contributed by atoms with Gasteiger partial charge in [0.05, 0.1) is 28.9 Å². The molecule has 9 heteroatoms. The number of aliphatic hydroxyl groups excluding tert-OH is 1. The summed E-state index contributed by atoms with van der Waals surface area (Å²) in [6.07, 6.45) is 0. The van der Waals surface area contributed by atoms with Gasteiger partial charge in [0.15, 0.2) is 5.13 Å². The lowest BCUT2D eigenvalue weighted by molar-refractivity contribution is -0.132. The third kappa shape index (κ3) is 3.60. The average Bonchev–Trinajstić information content (AvgIpc) is 3.37. The quantitative estimate of drug-likeness (QED) is 0.248. The van der Waals surface area contributed by atoms with E-state index in [-0.39, 0.29) is 16.3 Å². The molecule has 1 saturated heterocycles. The number of methoxy groups -OCH3 is 1.